The number of fused-ring (bicyclic) bond motifs is 1. The largest absolute Gasteiger partial charge is 0.522 e. The van der Waals surface area contributed by atoms with Gasteiger partial charge in [-0.15, -0.1) is 0 Å². The van der Waals surface area contributed by atoms with E-state index in [1.165, 1.54) is 6.26 Å². The Hall–Kier alpha value is -2.05. The normalized spacial score (nSPS) is 12.2. The van der Waals surface area contributed by atoms with Crippen molar-refractivity contribution >= 4 is 30.7 Å². The fourth-order valence-corrected chi connectivity index (χ4v) is 3.46. The molecule has 0 aliphatic carbocycles. The minimum absolute atomic E-state index is 0.0111. The van der Waals surface area contributed by atoms with Crippen molar-refractivity contribution in [2.75, 3.05) is 19.5 Å². The summed E-state index contributed by atoms with van der Waals surface area (Å²) in [6.45, 7) is 5.56. The third-order valence-corrected chi connectivity index (χ3v) is 5.69. The van der Waals surface area contributed by atoms with Crippen LogP contribution in [0.15, 0.2) is 30.3 Å². The number of alkyl halides is 3. The zero-order valence-corrected chi connectivity index (χ0v) is 20.3. The Morgan fingerprint density at radius 1 is 0.879 bits per heavy atom. The van der Waals surface area contributed by atoms with Crippen molar-refractivity contribution in [2.24, 2.45) is 0 Å². The van der Waals surface area contributed by atoms with E-state index in [9.17, 15) is 21.6 Å². The molecule has 0 aliphatic heterocycles. The third kappa shape index (κ3) is 10.2. The van der Waals surface area contributed by atoms with E-state index in [4.69, 9.17) is 22.4 Å². The summed E-state index contributed by atoms with van der Waals surface area (Å²) >= 11 is 0. The van der Waals surface area contributed by atoms with E-state index < -0.39 is 25.5 Å². The molecular formula is C21H29F3O7S2. The molecule has 0 saturated carbocycles. The molecule has 0 unspecified atom stereocenters. The fraction of sp³-hybridized carbons (Fsp3) is 0.524. The molecule has 2 aromatic rings. The van der Waals surface area contributed by atoms with E-state index in [1.807, 2.05) is 30.3 Å². The number of rotatable bonds is 10. The van der Waals surface area contributed by atoms with E-state index in [0.29, 0.717) is 13.2 Å². The highest BCUT2D eigenvalue weighted by molar-refractivity contribution is 7.89. The van der Waals surface area contributed by atoms with Crippen LogP contribution in [0.5, 0.6) is 11.5 Å². The number of sulfone groups is 1. The molecule has 0 radical (unpaired) electrons. The first-order chi connectivity index (χ1) is 15.2. The van der Waals surface area contributed by atoms with Crippen LogP contribution in [-0.4, -0.2) is 46.4 Å². The standard InChI is InChI=1S/C20H28O4S.CHF3O3S/c1-4-6-12-23-17-9-10-18-19(14-17)16(15-25(3,21)22)8-11-20(18)24-13-7-5-2;2-1(3,4)8(5,6)7/h8-11,14H,4-7,12-13,15H2,1-3H3;(H,5,6,7). The second-order valence-corrected chi connectivity index (χ2v) is 10.9. The van der Waals surface area contributed by atoms with Gasteiger partial charge in [0, 0.05) is 11.6 Å². The summed E-state index contributed by atoms with van der Waals surface area (Å²) in [6, 6.07) is 9.54. The van der Waals surface area contributed by atoms with Crippen LogP contribution in [0, 0.1) is 0 Å². The molecule has 0 atom stereocenters. The van der Waals surface area contributed by atoms with Crippen LogP contribution in [0.2, 0.25) is 0 Å². The van der Waals surface area contributed by atoms with Crippen LogP contribution in [0.3, 0.4) is 0 Å². The zero-order valence-electron chi connectivity index (χ0n) is 18.7. The lowest BCUT2D eigenvalue weighted by molar-refractivity contribution is -0.0510. The minimum Gasteiger partial charge on any atom is -0.494 e. The Labute approximate surface area is 192 Å². The number of benzene rings is 2. The molecule has 0 aromatic heterocycles. The van der Waals surface area contributed by atoms with Crippen LogP contribution in [-0.2, 0) is 25.7 Å². The Morgan fingerprint density at radius 3 is 1.91 bits per heavy atom. The van der Waals surface area contributed by atoms with Gasteiger partial charge in [0.25, 0.3) is 0 Å². The van der Waals surface area contributed by atoms with E-state index in [0.717, 1.165) is 53.5 Å². The average Bonchev–Trinajstić information content (AvgIpc) is 2.68. The summed E-state index contributed by atoms with van der Waals surface area (Å²) in [5, 5.41) is 1.81. The lowest BCUT2D eigenvalue weighted by atomic mass is 10.0. The number of halogens is 3. The molecule has 0 amide bonds. The van der Waals surface area contributed by atoms with Crippen molar-refractivity contribution in [1.82, 2.24) is 0 Å². The smallest absolute Gasteiger partial charge is 0.494 e. The summed E-state index contributed by atoms with van der Waals surface area (Å²) in [5.74, 6) is 1.57. The predicted molar refractivity (Wildman–Crippen MR) is 121 cm³/mol. The molecule has 2 rings (SSSR count). The van der Waals surface area contributed by atoms with Crippen molar-refractivity contribution in [3.05, 3.63) is 35.9 Å². The zero-order chi connectivity index (χ0) is 25.3. The van der Waals surface area contributed by atoms with Gasteiger partial charge < -0.3 is 9.47 Å². The van der Waals surface area contributed by atoms with Crippen molar-refractivity contribution < 1.29 is 44.0 Å². The summed E-state index contributed by atoms with van der Waals surface area (Å²) in [6.07, 6.45) is 5.38. The predicted octanol–water partition coefficient (Wildman–Crippen LogP) is 5.14. The molecule has 2 aromatic carbocycles. The number of unbranched alkanes of at least 4 members (excludes halogenated alkanes) is 2. The minimum atomic E-state index is -5.84. The lowest BCUT2D eigenvalue weighted by Crippen LogP contribution is -2.21. The summed E-state index contributed by atoms with van der Waals surface area (Å²) < 4.78 is 92.8. The monoisotopic (exact) mass is 514 g/mol. The molecular weight excluding hydrogens is 485 g/mol. The molecule has 0 fully saturated rings. The van der Waals surface area contributed by atoms with Gasteiger partial charge in [0.05, 0.1) is 19.0 Å². The maximum atomic E-state index is 11.8. The van der Waals surface area contributed by atoms with Crippen molar-refractivity contribution in [1.29, 1.82) is 0 Å². The second-order valence-electron chi connectivity index (χ2n) is 7.33. The first-order valence-electron chi connectivity index (χ1n) is 10.2. The fourth-order valence-electron chi connectivity index (χ4n) is 2.64. The second kappa shape index (κ2) is 12.4. The number of hydrogen-bond donors (Lipinski definition) is 1. The summed E-state index contributed by atoms with van der Waals surface area (Å²) in [7, 11) is -8.96. The molecule has 33 heavy (non-hydrogen) atoms. The van der Waals surface area contributed by atoms with Gasteiger partial charge in [-0.1, -0.05) is 32.8 Å². The Bertz CT molecular complexity index is 1110. The summed E-state index contributed by atoms with van der Waals surface area (Å²) in [4.78, 5) is 0. The maximum absolute atomic E-state index is 11.8. The molecule has 188 valence electrons. The van der Waals surface area contributed by atoms with Crippen molar-refractivity contribution in [3.63, 3.8) is 0 Å². The number of ether oxygens (including phenoxy) is 2. The highest BCUT2D eigenvalue weighted by Crippen LogP contribution is 2.33. The summed E-state index contributed by atoms with van der Waals surface area (Å²) in [5.41, 5.74) is -4.76. The highest BCUT2D eigenvalue weighted by atomic mass is 32.2. The van der Waals surface area contributed by atoms with Gasteiger partial charge in [-0.25, -0.2) is 8.42 Å². The van der Waals surface area contributed by atoms with Crippen LogP contribution < -0.4 is 9.47 Å². The molecule has 0 bridgehead atoms. The van der Waals surface area contributed by atoms with E-state index in [1.54, 1.807) is 0 Å². The SMILES string of the molecule is CCCCOc1ccc2c(OCCCC)ccc(CS(C)(=O)=O)c2c1.O=S(=O)(O)C(F)(F)F. The van der Waals surface area contributed by atoms with E-state index in [2.05, 4.69) is 13.8 Å². The van der Waals surface area contributed by atoms with Crippen LogP contribution in [0.1, 0.15) is 45.1 Å². The van der Waals surface area contributed by atoms with Gasteiger partial charge in [-0.2, -0.15) is 21.6 Å². The Morgan fingerprint density at radius 2 is 1.42 bits per heavy atom. The highest BCUT2D eigenvalue weighted by Gasteiger charge is 2.44. The van der Waals surface area contributed by atoms with Crippen LogP contribution in [0.25, 0.3) is 10.8 Å². The topological polar surface area (TPSA) is 107 Å². The van der Waals surface area contributed by atoms with E-state index in [-0.39, 0.29) is 5.75 Å². The van der Waals surface area contributed by atoms with Crippen molar-refractivity contribution in [2.45, 2.75) is 50.8 Å². The molecule has 0 aliphatic rings. The molecule has 1 N–H and O–H groups in total. The molecule has 12 heteroatoms. The van der Waals surface area contributed by atoms with Gasteiger partial charge >= 0.3 is 15.6 Å². The van der Waals surface area contributed by atoms with Gasteiger partial charge in [-0.3, -0.25) is 4.55 Å². The van der Waals surface area contributed by atoms with Crippen molar-refractivity contribution in [3.8, 4) is 11.5 Å². The first kappa shape index (κ1) is 29.0. The Kier molecular flexibility index (Phi) is 10.9. The third-order valence-electron chi connectivity index (χ3n) is 4.27. The van der Waals surface area contributed by atoms with E-state index >= 15 is 0 Å². The Balaban J connectivity index is 0.000000582. The lowest BCUT2D eigenvalue weighted by Gasteiger charge is -2.14. The van der Waals surface area contributed by atoms with Gasteiger partial charge in [-0.05, 0) is 48.1 Å². The van der Waals surface area contributed by atoms with Gasteiger partial charge in [0.15, 0.2) is 9.84 Å². The maximum Gasteiger partial charge on any atom is 0.522 e. The van der Waals surface area contributed by atoms with Gasteiger partial charge in [0.1, 0.15) is 11.5 Å². The first-order valence-corrected chi connectivity index (χ1v) is 13.7. The average molecular weight is 515 g/mol. The molecule has 0 spiro atoms. The van der Waals surface area contributed by atoms with Crippen LogP contribution >= 0.6 is 0 Å². The molecule has 7 nitrogen and oxygen atoms in total. The van der Waals surface area contributed by atoms with Gasteiger partial charge in [0.2, 0.25) is 0 Å². The molecule has 0 heterocycles. The quantitative estimate of drug-likeness (QED) is 0.266. The van der Waals surface area contributed by atoms with Crippen LogP contribution in [0.4, 0.5) is 13.2 Å². The molecule has 0 saturated heterocycles. The number of hydrogen-bond acceptors (Lipinski definition) is 6.